The molecule has 122 valence electrons. The molecule has 0 aromatic carbocycles. The summed E-state index contributed by atoms with van der Waals surface area (Å²) in [5.74, 6) is 0.610. The molecule has 0 saturated carbocycles. The molecule has 2 aromatic heterocycles. The normalized spacial score (nSPS) is 21.2. The van der Waals surface area contributed by atoms with E-state index in [4.69, 9.17) is 4.74 Å². The number of carbonyl (C=O) groups is 1. The fourth-order valence-electron chi connectivity index (χ4n) is 2.69. The van der Waals surface area contributed by atoms with Crippen LogP contribution in [0.5, 0.6) is 0 Å². The molecule has 7 nitrogen and oxygen atoms in total. The molecule has 3 rings (SSSR count). The Kier molecular flexibility index (Phi) is 4.40. The summed E-state index contributed by atoms with van der Waals surface area (Å²) in [6, 6.07) is 5.31. The van der Waals surface area contributed by atoms with Gasteiger partial charge < -0.3 is 15.4 Å². The Labute approximate surface area is 135 Å². The van der Waals surface area contributed by atoms with Crippen LogP contribution in [0, 0.1) is 13.8 Å². The molecule has 23 heavy (non-hydrogen) atoms. The van der Waals surface area contributed by atoms with Crippen molar-refractivity contribution in [3.63, 3.8) is 0 Å². The third-order valence-corrected chi connectivity index (χ3v) is 3.84. The molecule has 0 radical (unpaired) electrons. The number of nitrogens with one attached hydrogen (secondary N) is 2. The van der Waals surface area contributed by atoms with Crippen LogP contribution < -0.4 is 10.6 Å². The largest absolute Gasteiger partial charge is 0.375 e. The zero-order valence-electron chi connectivity index (χ0n) is 13.5. The molecule has 1 aliphatic rings. The monoisotopic (exact) mass is 315 g/mol. The summed E-state index contributed by atoms with van der Waals surface area (Å²) in [5.41, 5.74) is 2.61. The Bertz CT molecular complexity index is 695. The van der Waals surface area contributed by atoms with Crippen molar-refractivity contribution in [1.29, 1.82) is 0 Å². The van der Waals surface area contributed by atoms with Gasteiger partial charge in [0.25, 0.3) is 0 Å². The number of pyridine rings is 1. The van der Waals surface area contributed by atoms with Crippen molar-refractivity contribution < 1.29 is 9.53 Å². The van der Waals surface area contributed by atoms with Crippen molar-refractivity contribution in [2.45, 2.75) is 32.9 Å². The Hall–Kier alpha value is -2.25. The quantitative estimate of drug-likeness (QED) is 0.889. The van der Waals surface area contributed by atoms with Crippen molar-refractivity contribution in [2.24, 2.45) is 0 Å². The van der Waals surface area contributed by atoms with Crippen LogP contribution in [0.25, 0.3) is 5.82 Å². The van der Waals surface area contributed by atoms with Crippen molar-refractivity contribution in [3.8, 4) is 5.82 Å². The lowest BCUT2D eigenvalue weighted by Crippen LogP contribution is -2.53. The average molecular weight is 315 g/mol. The Balaban J connectivity index is 1.70. The van der Waals surface area contributed by atoms with Crippen LogP contribution in [0.1, 0.15) is 18.3 Å². The number of hydrogen-bond acceptors (Lipinski definition) is 5. The first-order chi connectivity index (χ1) is 11.0. The van der Waals surface area contributed by atoms with Crippen LogP contribution in [0.3, 0.4) is 0 Å². The molecule has 0 aliphatic carbocycles. The van der Waals surface area contributed by atoms with Gasteiger partial charge in [-0.05, 0) is 39.0 Å². The van der Waals surface area contributed by atoms with Gasteiger partial charge in [-0.25, -0.2) is 9.67 Å². The average Bonchev–Trinajstić information content (AvgIpc) is 2.87. The van der Waals surface area contributed by atoms with Crippen LogP contribution in [-0.2, 0) is 9.53 Å². The van der Waals surface area contributed by atoms with Crippen molar-refractivity contribution >= 4 is 11.6 Å². The summed E-state index contributed by atoms with van der Waals surface area (Å²) in [5, 5.41) is 10.4. The molecule has 0 bridgehead atoms. The molecule has 2 atom stereocenters. The van der Waals surface area contributed by atoms with E-state index in [2.05, 4.69) is 20.7 Å². The van der Waals surface area contributed by atoms with Crippen LogP contribution in [0.15, 0.2) is 24.4 Å². The smallest absolute Gasteiger partial charge is 0.244 e. The van der Waals surface area contributed by atoms with Gasteiger partial charge in [0.15, 0.2) is 5.82 Å². The lowest BCUT2D eigenvalue weighted by Gasteiger charge is -2.29. The van der Waals surface area contributed by atoms with Gasteiger partial charge in [-0.2, -0.15) is 5.10 Å². The van der Waals surface area contributed by atoms with Gasteiger partial charge >= 0.3 is 0 Å². The van der Waals surface area contributed by atoms with E-state index in [0.29, 0.717) is 18.8 Å². The first-order valence-electron chi connectivity index (χ1n) is 7.70. The highest BCUT2D eigenvalue weighted by Gasteiger charge is 2.28. The summed E-state index contributed by atoms with van der Waals surface area (Å²) in [6.45, 7) is 7.12. The van der Waals surface area contributed by atoms with Crippen molar-refractivity contribution in [3.05, 3.63) is 35.8 Å². The Morgan fingerprint density at radius 2 is 2.26 bits per heavy atom. The Morgan fingerprint density at radius 1 is 1.43 bits per heavy atom. The van der Waals surface area contributed by atoms with E-state index < -0.39 is 0 Å². The number of ether oxygens (including phenoxy) is 1. The molecule has 1 amide bonds. The second-order valence-electron chi connectivity index (χ2n) is 5.74. The van der Waals surface area contributed by atoms with E-state index in [1.807, 2.05) is 39.0 Å². The maximum Gasteiger partial charge on any atom is 0.244 e. The van der Waals surface area contributed by atoms with E-state index in [9.17, 15) is 4.79 Å². The van der Waals surface area contributed by atoms with Gasteiger partial charge in [-0.15, -0.1) is 0 Å². The van der Waals surface area contributed by atoms with E-state index >= 15 is 0 Å². The third kappa shape index (κ3) is 3.40. The molecule has 3 heterocycles. The zero-order valence-corrected chi connectivity index (χ0v) is 13.5. The van der Waals surface area contributed by atoms with Crippen LogP contribution in [0.2, 0.25) is 0 Å². The molecular weight excluding hydrogens is 294 g/mol. The van der Waals surface area contributed by atoms with Gasteiger partial charge in [0.1, 0.15) is 6.04 Å². The molecule has 2 aromatic rings. The highest BCUT2D eigenvalue weighted by Crippen LogP contribution is 2.14. The number of carbonyl (C=O) groups excluding carboxylic acids is 1. The molecule has 1 aliphatic heterocycles. The summed E-state index contributed by atoms with van der Waals surface area (Å²) in [6.07, 6.45) is 1.49. The first-order valence-corrected chi connectivity index (χ1v) is 7.70. The van der Waals surface area contributed by atoms with Crippen molar-refractivity contribution in [2.75, 3.05) is 18.5 Å². The number of aryl methyl sites for hydroxylation is 2. The molecular formula is C16H21N5O2. The number of amides is 1. The fraction of sp³-hybridized carbons (Fsp3) is 0.438. The third-order valence-electron chi connectivity index (χ3n) is 3.84. The summed E-state index contributed by atoms with van der Waals surface area (Å²) in [7, 11) is 0. The number of morpholine rings is 1. The van der Waals surface area contributed by atoms with Crippen molar-refractivity contribution in [1.82, 2.24) is 20.1 Å². The number of aromatic nitrogens is 3. The van der Waals surface area contributed by atoms with Gasteiger partial charge in [0, 0.05) is 12.2 Å². The minimum Gasteiger partial charge on any atom is -0.375 e. The van der Waals surface area contributed by atoms with Gasteiger partial charge in [-0.1, -0.05) is 0 Å². The second-order valence-corrected chi connectivity index (χ2v) is 5.74. The van der Waals surface area contributed by atoms with E-state index in [1.165, 1.54) is 0 Å². The number of rotatable bonds is 3. The standard InChI is InChI=1S/C16H21N5O2/c1-10-8-11(2)21(20-10)14-5-4-13(9-18-14)19-16(22)15-12(3)23-7-6-17-15/h4-5,8-9,12,15,17H,6-7H2,1-3H3,(H,19,22)/t12-,15+/m1/s1. The molecule has 1 saturated heterocycles. The maximum absolute atomic E-state index is 12.3. The zero-order chi connectivity index (χ0) is 16.4. The lowest BCUT2D eigenvalue weighted by molar-refractivity contribution is -0.123. The molecule has 1 fully saturated rings. The predicted molar refractivity (Wildman–Crippen MR) is 86.7 cm³/mol. The lowest BCUT2D eigenvalue weighted by atomic mass is 10.1. The molecule has 0 spiro atoms. The van der Waals surface area contributed by atoms with Crippen LogP contribution in [-0.4, -0.2) is 46.0 Å². The van der Waals surface area contributed by atoms with Crippen LogP contribution in [0.4, 0.5) is 5.69 Å². The SMILES string of the molecule is Cc1cc(C)n(-c2ccc(NC(=O)[C@H]3NCCO[C@@H]3C)cn2)n1. The minimum absolute atomic E-state index is 0.113. The number of anilines is 1. The summed E-state index contributed by atoms with van der Waals surface area (Å²) >= 11 is 0. The van der Waals surface area contributed by atoms with E-state index in [-0.39, 0.29) is 18.1 Å². The topological polar surface area (TPSA) is 81.1 Å². The number of hydrogen-bond donors (Lipinski definition) is 2. The van der Waals surface area contributed by atoms with E-state index in [0.717, 1.165) is 17.2 Å². The minimum atomic E-state index is -0.348. The molecule has 7 heteroatoms. The van der Waals surface area contributed by atoms with Gasteiger partial charge in [-0.3, -0.25) is 4.79 Å². The van der Waals surface area contributed by atoms with E-state index in [1.54, 1.807) is 10.9 Å². The number of nitrogens with zero attached hydrogens (tertiary/aromatic N) is 3. The maximum atomic E-state index is 12.3. The highest BCUT2D eigenvalue weighted by atomic mass is 16.5. The van der Waals surface area contributed by atoms with Crippen LogP contribution >= 0.6 is 0 Å². The summed E-state index contributed by atoms with van der Waals surface area (Å²) in [4.78, 5) is 16.7. The molecule has 0 unspecified atom stereocenters. The fourth-order valence-corrected chi connectivity index (χ4v) is 2.69. The first kappa shape index (κ1) is 15.6. The predicted octanol–water partition coefficient (Wildman–Crippen LogP) is 1.20. The summed E-state index contributed by atoms with van der Waals surface area (Å²) < 4.78 is 7.27. The van der Waals surface area contributed by atoms with Gasteiger partial charge in [0.2, 0.25) is 5.91 Å². The Morgan fingerprint density at radius 3 is 2.87 bits per heavy atom. The van der Waals surface area contributed by atoms with Gasteiger partial charge in [0.05, 0.1) is 30.3 Å². The molecule has 2 N–H and O–H groups in total. The highest BCUT2D eigenvalue weighted by molar-refractivity contribution is 5.95. The second kappa shape index (κ2) is 6.47.